The lowest BCUT2D eigenvalue weighted by atomic mass is 9.94. The van der Waals surface area contributed by atoms with Crippen LogP contribution in [0.5, 0.6) is 0 Å². The summed E-state index contributed by atoms with van der Waals surface area (Å²) in [4.78, 5) is 4.01. The van der Waals surface area contributed by atoms with Gasteiger partial charge in [-0.15, -0.1) is 0 Å². The fraction of sp³-hybridized carbons (Fsp3) is 0.300. The number of pyridine rings is 1. The molecule has 2 heterocycles. The standard InChI is InChI=1S/C20H17F6N3/c1-11(2)8-13-9-15(27-10-14(13)12-6-4-3-5-7-12)17-16(19(21,22)23)18(29-28-17)20(24,25)26/h3-7,9-11H,8H2,1-2H3,(H,28,29). The van der Waals surface area contributed by atoms with Gasteiger partial charge in [0.05, 0.1) is 5.69 Å². The van der Waals surface area contributed by atoms with Crippen LogP contribution in [0.15, 0.2) is 42.6 Å². The summed E-state index contributed by atoms with van der Waals surface area (Å²) in [5.41, 5.74) is -2.71. The van der Waals surface area contributed by atoms with E-state index in [4.69, 9.17) is 0 Å². The van der Waals surface area contributed by atoms with E-state index in [2.05, 4.69) is 10.1 Å². The van der Waals surface area contributed by atoms with Crippen molar-refractivity contribution in [3.8, 4) is 22.5 Å². The fourth-order valence-electron chi connectivity index (χ4n) is 3.12. The number of aromatic nitrogens is 3. The zero-order chi connectivity index (χ0) is 21.4. The van der Waals surface area contributed by atoms with Crippen LogP contribution in [-0.4, -0.2) is 15.2 Å². The third-order valence-electron chi connectivity index (χ3n) is 4.28. The summed E-state index contributed by atoms with van der Waals surface area (Å²) in [6, 6.07) is 10.5. The highest BCUT2D eigenvalue weighted by atomic mass is 19.4. The van der Waals surface area contributed by atoms with Gasteiger partial charge in [0.15, 0.2) is 5.69 Å². The van der Waals surface area contributed by atoms with Crippen LogP contribution < -0.4 is 0 Å². The average molecular weight is 413 g/mol. The zero-order valence-electron chi connectivity index (χ0n) is 15.5. The van der Waals surface area contributed by atoms with E-state index in [0.717, 1.165) is 5.56 Å². The van der Waals surface area contributed by atoms with Crippen molar-refractivity contribution in [3.05, 3.63) is 59.4 Å². The molecule has 0 aliphatic rings. The van der Waals surface area contributed by atoms with Crippen LogP contribution in [-0.2, 0) is 18.8 Å². The lowest BCUT2D eigenvalue weighted by Crippen LogP contribution is -2.16. The van der Waals surface area contributed by atoms with Crippen molar-refractivity contribution < 1.29 is 26.3 Å². The van der Waals surface area contributed by atoms with Gasteiger partial charge in [-0.05, 0) is 29.5 Å². The van der Waals surface area contributed by atoms with Crippen molar-refractivity contribution in [2.45, 2.75) is 32.6 Å². The Hall–Kier alpha value is -2.84. The highest BCUT2D eigenvalue weighted by molar-refractivity contribution is 5.71. The Bertz CT molecular complexity index is 988. The second-order valence-corrected chi connectivity index (χ2v) is 7.01. The van der Waals surface area contributed by atoms with E-state index in [9.17, 15) is 26.3 Å². The first-order valence-corrected chi connectivity index (χ1v) is 8.76. The van der Waals surface area contributed by atoms with Gasteiger partial charge < -0.3 is 0 Å². The number of aromatic amines is 1. The summed E-state index contributed by atoms with van der Waals surface area (Å²) in [7, 11) is 0. The number of hydrogen-bond acceptors (Lipinski definition) is 2. The molecule has 0 saturated heterocycles. The molecule has 2 aromatic heterocycles. The number of nitrogens with one attached hydrogen (secondary N) is 1. The summed E-state index contributed by atoms with van der Waals surface area (Å²) in [5, 5.41) is 4.81. The Morgan fingerprint density at radius 2 is 1.62 bits per heavy atom. The third-order valence-corrected chi connectivity index (χ3v) is 4.28. The van der Waals surface area contributed by atoms with Crippen LogP contribution in [0, 0.1) is 5.92 Å². The second-order valence-electron chi connectivity index (χ2n) is 7.01. The predicted octanol–water partition coefficient (Wildman–Crippen LogP) is 6.37. The predicted molar refractivity (Wildman–Crippen MR) is 95.8 cm³/mol. The van der Waals surface area contributed by atoms with Crippen LogP contribution in [0.1, 0.15) is 30.7 Å². The van der Waals surface area contributed by atoms with Gasteiger partial charge >= 0.3 is 12.4 Å². The van der Waals surface area contributed by atoms with Gasteiger partial charge in [-0.3, -0.25) is 10.1 Å². The maximum atomic E-state index is 13.4. The molecule has 0 atom stereocenters. The molecular formula is C20H17F6N3. The van der Waals surface area contributed by atoms with Gasteiger partial charge in [-0.1, -0.05) is 44.2 Å². The summed E-state index contributed by atoms with van der Waals surface area (Å²) in [6.07, 6.45) is -8.58. The molecule has 3 nitrogen and oxygen atoms in total. The minimum atomic E-state index is -5.24. The maximum Gasteiger partial charge on any atom is 0.433 e. The van der Waals surface area contributed by atoms with E-state index in [-0.39, 0.29) is 11.6 Å². The van der Waals surface area contributed by atoms with Gasteiger partial charge in [-0.25, -0.2) is 0 Å². The zero-order valence-corrected chi connectivity index (χ0v) is 15.5. The van der Waals surface area contributed by atoms with Crippen molar-refractivity contribution in [2.75, 3.05) is 0 Å². The van der Waals surface area contributed by atoms with Crippen molar-refractivity contribution in [3.63, 3.8) is 0 Å². The Labute approximate surface area is 162 Å². The molecule has 9 heteroatoms. The molecule has 0 fully saturated rings. The molecule has 3 rings (SSSR count). The molecule has 154 valence electrons. The van der Waals surface area contributed by atoms with Crippen LogP contribution in [0.3, 0.4) is 0 Å². The quantitative estimate of drug-likeness (QED) is 0.505. The summed E-state index contributed by atoms with van der Waals surface area (Å²) < 4.78 is 79.4. The van der Waals surface area contributed by atoms with Crippen LogP contribution in [0.4, 0.5) is 26.3 Å². The van der Waals surface area contributed by atoms with Crippen molar-refractivity contribution in [1.82, 2.24) is 15.2 Å². The molecule has 0 radical (unpaired) electrons. The number of hydrogen-bond donors (Lipinski definition) is 1. The number of alkyl halides is 6. The van der Waals surface area contributed by atoms with Gasteiger partial charge in [0.2, 0.25) is 0 Å². The smallest absolute Gasteiger partial charge is 0.272 e. The van der Waals surface area contributed by atoms with Gasteiger partial charge in [-0.2, -0.15) is 31.4 Å². The molecule has 0 bridgehead atoms. The van der Waals surface area contributed by atoms with Crippen LogP contribution >= 0.6 is 0 Å². The minimum Gasteiger partial charge on any atom is -0.272 e. The van der Waals surface area contributed by atoms with Crippen LogP contribution in [0.2, 0.25) is 0 Å². The number of benzene rings is 1. The summed E-state index contributed by atoms with van der Waals surface area (Å²) >= 11 is 0. The normalized spacial score (nSPS) is 12.6. The summed E-state index contributed by atoms with van der Waals surface area (Å²) in [5.74, 6) is 0.166. The van der Waals surface area contributed by atoms with Crippen molar-refractivity contribution in [2.24, 2.45) is 5.92 Å². The monoisotopic (exact) mass is 413 g/mol. The second kappa shape index (κ2) is 7.53. The van der Waals surface area contributed by atoms with E-state index in [1.807, 2.05) is 44.2 Å². The molecular weight excluding hydrogens is 396 g/mol. The first kappa shape index (κ1) is 20.9. The van der Waals surface area contributed by atoms with Gasteiger partial charge in [0.1, 0.15) is 11.3 Å². The van der Waals surface area contributed by atoms with Gasteiger partial charge in [0.25, 0.3) is 0 Å². The molecule has 1 aromatic carbocycles. The molecule has 0 amide bonds. The molecule has 0 unspecified atom stereocenters. The Morgan fingerprint density at radius 3 is 2.17 bits per heavy atom. The number of halogens is 6. The molecule has 0 aliphatic carbocycles. The molecule has 0 aliphatic heterocycles. The van der Waals surface area contributed by atoms with Gasteiger partial charge in [0, 0.05) is 11.8 Å². The summed E-state index contributed by atoms with van der Waals surface area (Å²) in [6.45, 7) is 3.87. The first-order chi connectivity index (χ1) is 13.5. The number of H-pyrrole nitrogens is 1. The molecule has 1 N–H and O–H groups in total. The lowest BCUT2D eigenvalue weighted by molar-refractivity contribution is -0.163. The first-order valence-electron chi connectivity index (χ1n) is 8.76. The topological polar surface area (TPSA) is 41.6 Å². The van der Waals surface area contributed by atoms with E-state index in [1.54, 1.807) is 0 Å². The van der Waals surface area contributed by atoms with Crippen molar-refractivity contribution >= 4 is 0 Å². The largest absolute Gasteiger partial charge is 0.433 e. The maximum absolute atomic E-state index is 13.4. The van der Waals surface area contributed by atoms with Crippen LogP contribution in [0.25, 0.3) is 22.5 Å². The van der Waals surface area contributed by atoms with E-state index < -0.39 is 29.3 Å². The Morgan fingerprint density at radius 1 is 0.966 bits per heavy atom. The van der Waals surface area contributed by atoms with E-state index in [1.165, 1.54) is 17.4 Å². The number of nitrogens with zero attached hydrogens (tertiary/aromatic N) is 2. The van der Waals surface area contributed by atoms with E-state index in [0.29, 0.717) is 17.5 Å². The number of rotatable bonds is 4. The highest BCUT2D eigenvalue weighted by Crippen LogP contribution is 2.44. The highest BCUT2D eigenvalue weighted by Gasteiger charge is 2.48. The van der Waals surface area contributed by atoms with E-state index >= 15 is 0 Å². The Kier molecular flexibility index (Phi) is 5.42. The lowest BCUT2D eigenvalue weighted by Gasteiger charge is -2.15. The molecule has 29 heavy (non-hydrogen) atoms. The molecule has 0 spiro atoms. The molecule has 3 aromatic rings. The molecule has 0 saturated carbocycles. The SMILES string of the molecule is CC(C)Cc1cc(-c2n[nH]c(C(F)(F)F)c2C(F)(F)F)ncc1-c1ccccc1. The minimum absolute atomic E-state index is 0.166. The van der Waals surface area contributed by atoms with Crippen molar-refractivity contribution in [1.29, 1.82) is 0 Å². The average Bonchev–Trinajstić information content (AvgIpc) is 3.08. The Balaban J connectivity index is 2.19. The fourth-order valence-corrected chi connectivity index (χ4v) is 3.12. The third kappa shape index (κ3) is 4.44.